The zero-order valence-electron chi connectivity index (χ0n) is 12.6. The zero-order valence-corrected chi connectivity index (χ0v) is 13.4. The van der Waals surface area contributed by atoms with Crippen molar-refractivity contribution in [2.24, 2.45) is 5.10 Å². The van der Waals surface area contributed by atoms with E-state index in [-0.39, 0.29) is 18.9 Å². The molecular weight excluding hydrogens is 310 g/mol. The Bertz CT molecular complexity index is 575. The molecule has 0 heterocycles. The highest BCUT2D eigenvalue weighted by Crippen LogP contribution is 2.27. The highest BCUT2D eigenvalue weighted by Gasteiger charge is 2.10. The van der Waals surface area contributed by atoms with Crippen LogP contribution in [0.3, 0.4) is 0 Å². The second kappa shape index (κ2) is 9.01. The molecular formula is C14H18ClN3O4. The van der Waals surface area contributed by atoms with Gasteiger partial charge in [-0.2, -0.15) is 5.10 Å². The Morgan fingerprint density at radius 2 is 2.00 bits per heavy atom. The number of hydrogen-bond acceptors (Lipinski definition) is 5. The van der Waals surface area contributed by atoms with Crippen LogP contribution in [0.25, 0.3) is 0 Å². The average Bonchev–Trinajstić information content (AvgIpc) is 2.45. The summed E-state index contributed by atoms with van der Waals surface area (Å²) in [5.74, 6) is -0.192. The van der Waals surface area contributed by atoms with E-state index in [4.69, 9.17) is 16.3 Å². The van der Waals surface area contributed by atoms with Gasteiger partial charge in [0.25, 0.3) is 5.91 Å². The minimum absolute atomic E-state index is 0.0168. The molecule has 0 fully saturated rings. The van der Waals surface area contributed by atoms with E-state index in [9.17, 15) is 9.59 Å². The first-order valence-electron chi connectivity index (χ1n) is 6.40. The number of amides is 2. The molecule has 7 nitrogen and oxygen atoms in total. The van der Waals surface area contributed by atoms with Crippen LogP contribution in [-0.2, 0) is 14.3 Å². The number of halogens is 1. The van der Waals surface area contributed by atoms with Gasteiger partial charge in [-0.15, -0.1) is 0 Å². The number of carbonyl (C=O) groups excluding carboxylic acids is 2. The third-order valence-electron chi connectivity index (χ3n) is 2.50. The molecule has 2 N–H and O–H groups in total. The summed E-state index contributed by atoms with van der Waals surface area (Å²) in [6.45, 7) is 1.53. The number of ether oxygens (including phenoxy) is 2. The van der Waals surface area contributed by atoms with Gasteiger partial charge in [-0.3, -0.25) is 9.59 Å². The third kappa shape index (κ3) is 6.11. The molecule has 0 bridgehead atoms. The number of rotatable bonds is 7. The molecule has 22 heavy (non-hydrogen) atoms. The minimum Gasteiger partial charge on any atom is -0.495 e. The van der Waals surface area contributed by atoms with E-state index in [2.05, 4.69) is 20.6 Å². The van der Waals surface area contributed by atoms with Crippen molar-refractivity contribution in [1.29, 1.82) is 0 Å². The van der Waals surface area contributed by atoms with Crippen molar-refractivity contribution < 1.29 is 19.1 Å². The summed E-state index contributed by atoms with van der Waals surface area (Å²) >= 11 is 5.89. The van der Waals surface area contributed by atoms with Gasteiger partial charge in [0.05, 0.1) is 19.2 Å². The third-order valence-corrected chi connectivity index (χ3v) is 2.73. The summed E-state index contributed by atoms with van der Waals surface area (Å²) in [6.07, 6.45) is 0.0168. The van der Waals surface area contributed by atoms with Crippen LogP contribution in [0.15, 0.2) is 23.3 Å². The molecule has 1 aromatic rings. The lowest BCUT2D eigenvalue weighted by molar-refractivity contribution is -0.124. The van der Waals surface area contributed by atoms with Crippen molar-refractivity contribution >= 4 is 34.8 Å². The van der Waals surface area contributed by atoms with Crippen LogP contribution in [-0.4, -0.2) is 38.4 Å². The van der Waals surface area contributed by atoms with Crippen molar-refractivity contribution in [2.75, 3.05) is 26.1 Å². The Labute approximate surface area is 133 Å². The summed E-state index contributed by atoms with van der Waals surface area (Å²) < 4.78 is 9.78. The molecule has 0 aliphatic rings. The molecule has 0 saturated carbocycles. The topological polar surface area (TPSA) is 89.0 Å². The van der Waals surface area contributed by atoms with Gasteiger partial charge < -0.3 is 14.8 Å². The predicted molar refractivity (Wildman–Crippen MR) is 84.4 cm³/mol. The molecule has 0 saturated heterocycles. The SMILES string of the molecule is COCC(=O)N/N=C(\C)CC(=O)Nc1cc(Cl)ccc1OC. The largest absolute Gasteiger partial charge is 0.495 e. The Morgan fingerprint density at radius 1 is 1.27 bits per heavy atom. The van der Waals surface area contributed by atoms with E-state index >= 15 is 0 Å². The molecule has 2 amide bonds. The standard InChI is InChI=1S/C14H18ClN3O4/c1-9(17-18-14(20)8-21-2)6-13(19)16-11-7-10(15)4-5-12(11)22-3/h4-5,7H,6,8H2,1-3H3,(H,16,19)(H,18,20)/b17-9+. The fourth-order valence-corrected chi connectivity index (χ4v) is 1.74. The van der Waals surface area contributed by atoms with Crippen LogP contribution >= 0.6 is 11.6 Å². The number of nitrogens with zero attached hydrogens (tertiary/aromatic N) is 1. The molecule has 1 aromatic carbocycles. The van der Waals surface area contributed by atoms with Crippen molar-refractivity contribution in [3.63, 3.8) is 0 Å². The first kappa shape index (κ1) is 17.9. The molecule has 0 aliphatic carbocycles. The number of anilines is 1. The number of hydrogen-bond donors (Lipinski definition) is 2. The maximum Gasteiger partial charge on any atom is 0.266 e. The van der Waals surface area contributed by atoms with Crippen LogP contribution in [0.2, 0.25) is 5.02 Å². The van der Waals surface area contributed by atoms with E-state index < -0.39 is 5.91 Å². The fraction of sp³-hybridized carbons (Fsp3) is 0.357. The maximum atomic E-state index is 11.9. The minimum atomic E-state index is -0.390. The molecule has 0 radical (unpaired) electrons. The van der Waals surface area contributed by atoms with Crippen LogP contribution in [0.4, 0.5) is 5.69 Å². The highest BCUT2D eigenvalue weighted by atomic mass is 35.5. The lowest BCUT2D eigenvalue weighted by Gasteiger charge is -2.10. The van der Waals surface area contributed by atoms with Gasteiger partial charge in [-0.25, -0.2) is 5.43 Å². The number of hydrazone groups is 1. The highest BCUT2D eigenvalue weighted by molar-refractivity contribution is 6.31. The van der Waals surface area contributed by atoms with Crippen molar-refractivity contribution in [3.05, 3.63) is 23.2 Å². The molecule has 0 spiro atoms. The summed E-state index contributed by atoms with van der Waals surface area (Å²) in [5.41, 5.74) is 3.20. The van der Waals surface area contributed by atoms with Gasteiger partial charge in [0.1, 0.15) is 12.4 Å². The second-order valence-electron chi connectivity index (χ2n) is 4.38. The molecule has 1 rings (SSSR count). The Balaban J connectivity index is 2.61. The van der Waals surface area contributed by atoms with Gasteiger partial charge in [0.2, 0.25) is 5.91 Å². The second-order valence-corrected chi connectivity index (χ2v) is 4.82. The molecule has 0 unspecified atom stereocenters. The van der Waals surface area contributed by atoms with E-state index in [0.29, 0.717) is 22.2 Å². The van der Waals surface area contributed by atoms with Crippen LogP contribution in [0.5, 0.6) is 5.75 Å². The van der Waals surface area contributed by atoms with E-state index in [0.717, 1.165) is 0 Å². The van der Waals surface area contributed by atoms with E-state index in [1.807, 2.05) is 0 Å². The first-order valence-corrected chi connectivity index (χ1v) is 6.78. The zero-order chi connectivity index (χ0) is 16.5. The van der Waals surface area contributed by atoms with Crippen LogP contribution < -0.4 is 15.5 Å². The number of nitrogens with one attached hydrogen (secondary N) is 2. The molecule has 0 atom stereocenters. The van der Waals surface area contributed by atoms with E-state index in [1.165, 1.54) is 14.2 Å². The van der Waals surface area contributed by atoms with Gasteiger partial charge in [-0.05, 0) is 25.1 Å². The Hall–Kier alpha value is -2.12. The van der Waals surface area contributed by atoms with Crippen LogP contribution in [0.1, 0.15) is 13.3 Å². The summed E-state index contributed by atoms with van der Waals surface area (Å²) in [6, 6.07) is 4.91. The fourth-order valence-electron chi connectivity index (χ4n) is 1.57. The number of methoxy groups -OCH3 is 2. The average molecular weight is 328 g/mol. The summed E-state index contributed by atoms with van der Waals surface area (Å²) in [5, 5.41) is 6.96. The summed E-state index contributed by atoms with van der Waals surface area (Å²) in [7, 11) is 2.90. The lowest BCUT2D eigenvalue weighted by atomic mass is 10.2. The van der Waals surface area contributed by atoms with Crippen molar-refractivity contribution in [1.82, 2.24) is 5.43 Å². The van der Waals surface area contributed by atoms with Gasteiger partial charge in [-0.1, -0.05) is 11.6 Å². The molecule has 0 aromatic heterocycles. The van der Waals surface area contributed by atoms with Gasteiger partial charge >= 0.3 is 0 Å². The lowest BCUT2D eigenvalue weighted by Crippen LogP contribution is -2.24. The molecule has 8 heteroatoms. The van der Waals surface area contributed by atoms with Crippen LogP contribution in [0, 0.1) is 0 Å². The summed E-state index contributed by atoms with van der Waals surface area (Å²) in [4.78, 5) is 23.1. The molecule has 0 aliphatic heterocycles. The van der Waals surface area contributed by atoms with Gasteiger partial charge in [0, 0.05) is 17.8 Å². The first-order chi connectivity index (χ1) is 10.5. The monoisotopic (exact) mass is 327 g/mol. The normalized spacial score (nSPS) is 11.0. The maximum absolute atomic E-state index is 11.9. The number of benzene rings is 1. The molecule has 120 valence electrons. The Kier molecular flexibility index (Phi) is 7.34. The smallest absolute Gasteiger partial charge is 0.266 e. The Morgan fingerprint density at radius 3 is 2.64 bits per heavy atom. The van der Waals surface area contributed by atoms with E-state index in [1.54, 1.807) is 25.1 Å². The van der Waals surface area contributed by atoms with Gasteiger partial charge in [0.15, 0.2) is 0 Å². The quantitative estimate of drug-likeness (QED) is 0.590. The number of carbonyl (C=O) groups is 2. The van der Waals surface area contributed by atoms with Crippen molar-refractivity contribution in [3.8, 4) is 5.75 Å². The van der Waals surface area contributed by atoms with Crippen molar-refractivity contribution in [2.45, 2.75) is 13.3 Å². The predicted octanol–water partition coefficient (Wildman–Crippen LogP) is 1.82.